The minimum absolute atomic E-state index is 0.109. The molecule has 0 aromatic carbocycles. The molecule has 1 fully saturated rings. The number of anilines is 1. The number of rotatable bonds is 5. The molecule has 1 aromatic heterocycles. The molecule has 1 aliphatic carbocycles. The van der Waals surface area contributed by atoms with Gasteiger partial charge in [-0.05, 0) is 26.2 Å². The molecule has 1 aromatic rings. The number of aromatic nitrogens is 2. The Labute approximate surface area is 105 Å². The number of aliphatic carboxylic acids is 1. The Kier molecular flexibility index (Phi) is 3.36. The zero-order valence-corrected chi connectivity index (χ0v) is 10.6. The Balaban J connectivity index is 2.16. The predicted octanol–water partition coefficient (Wildman–Crippen LogP) is 1.60. The van der Waals surface area contributed by atoms with Crippen molar-refractivity contribution in [1.82, 2.24) is 9.97 Å². The molecule has 6 heteroatoms. The first kappa shape index (κ1) is 12.6. The van der Waals surface area contributed by atoms with E-state index in [1.807, 2.05) is 0 Å². The molecule has 0 unspecified atom stereocenters. The summed E-state index contributed by atoms with van der Waals surface area (Å²) in [4.78, 5) is 19.2. The van der Waals surface area contributed by atoms with Crippen LogP contribution < -0.4 is 10.1 Å². The summed E-state index contributed by atoms with van der Waals surface area (Å²) in [5.41, 5.74) is -0.363. The van der Waals surface area contributed by atoms with Crippen molar-refractivity contribution in [2.24, 2.45) is 0 Å². The van der Waals surface area contributed by atoms with E-state index in [2.05, 4.69) is 15.3 Å². The maximum absolute atomic E-state index is 10.9. The van der Waals surface area contributed by atoms with Crippen molar-refractivity contribution in [3.63, 3.8) is 0 Å². The molecular weight excluding hydrogens is 234 g/mol. The second kappa shape index (κ2) is 4.80. The van der Waals surface area contributed by atoms with Crippen molar-refractivity contribution in [2.45, 2.75) is 38.1 Å². The molecular formula is C12H17N3O3. The third-order valence-electron chi connectivity index (χ3n) is 3.22. The fraction of sp³-hybridized carbons (Fsp3) is 0.583. The number of aryl methyl sites for hydroxylation is 1. The van der Waals surface area contributed by atoms with Gasteiger partial charge in [0.15, 0.2) is 0 Å². The highest BCUT2D eigenvalue weighted by atomic mass is 16.5. The van der Waals surface area contributed by atoms with Gasteiger partial charge in [0, 0.05) is 11.6 Å². The van der Waals surface area contributed by atoms with Gasteiger partial charge in [-0.2, -0.15) is 4.98 Å². The topological polar surface area (TPSA) is 84.3 Å². The maximum atomic E-state index is 10.9. The second-order valence-corrected chi connectivity index (χ2v) is 4.67. The second-order valence-electron chi connectivity index (χ2n) is 4.67. The number of hydrogen-bond donors (Lipinski definition) is 2. The molecule has 0 atom stereocenters. The Morgan fingerprint density at radius 1 is 1.56 bits per heavy atom. The van der Waals surface area contributed by atoms with Crippen LogP contribution in [0.2, 0.25) is 0 Å². The molecule has 0 bridgehead atoms. The Morgan fingerprint density at radius 2 is 2.28 bits per heavy atom. The molecule has 0 aliphatic heterocycles. The summed E-state index contributed by atoms with van der Waals surface area (Å²) in [5, 5.41) is 12.2. The number of nitrogens with zero attached hydrogens (tertiary/aromatic N) is 2. The lowest BCUT2D eigenvalue weighted by Crippen LogP contribution is -2.47. The molecule has 2 rings (SSSR count). The lowest BCUT2D eigenvalue weighted by atomic mass is 9.74. The highest BCUT2D eigenvalue weighted by Gasteiger charge is 2.39. The van der Waals surface area contributed by atoms with E-state index in [-0.39, 0.29) is 12.0 Å². The van der Waals surface area contributed by atoms with Crippen molar-refractivity contribution >= 4 is 11.8 Å². The highest BCUT2D eigenvalue weighted by Crippen LogP contribution is 2.38. The third-order valence-corrected chi connectivity index (χ3v) is 3.22. The van der Waals surface area contributed by atoms with Gasteiger partial charge < -0.3 is 15.2 Å². The van der Waals surface area contributed by atoms with Gasteiger partial charge in [0.05, 0.1) is 13.5 Å². The van der Waals surface area contributed by atoms with Crippen LogP contribution in [0.15, 0.2) is 6.07 Å². The highest BCUT2D eigenvalue weighted by molar-refractivity contribution is 5.69. The standard InChI is InChI=1S/C12H17N3O3/c1-8-13-9(6-10(14-8)18-2)15-12(4-3-5-12)7-11(16)17/h6H,3-5,7H2,1-2H3,(H,16,17)(H,13,14,15). The van der Waals surface area contributed by atoms with Gasteiger partial charge in [0.1, 0.15) is 11.6 Å². The van der Waals surface area contributed by atoms with Crippen molar-refractivity contribution in [1.29, 1.82) is 0 Å². The number of carboxylic acid groups (broad SMARTS) is 1. The van der Waals surface area contributed by atoms with Crippen LogP contribution in [0.5, 0.6) is 5.88 Å². The lowest BCUT2D eigenvalue weighted by molar-refractivity contribution is -0.138. The summed E-state index contributed by atoms with van der Waals surface area (Å²) in [6, 6.07) is 1.69. The zero-order chi connectivity index (χ0) is 13.2. The quantitative estimate of drug-likeness (QED) is 0.827. The molecule has 0 amide bonds. The van der Waals surface area contributed by atoms with Crippen molar-refractivity contribution in [2.75, 3.05) is 12.4 Å². The fourth-order valence-electron chi connectivity index (χ4n) is 2.22. The Morgan fingerprint density at radius 3 is 2.78 bits per heavy atom. The smallest absolute Gasteiger partial charge is 0.305 e. The monoisotopic (exact) mass is 251 g/mol. The van der Waals surface area contributed by atoms with Crippen LogP contribution in [-0.2, 0) is 4.79 Å². The molecule has 6 nitrogen and oxygen atoms in total. The van der Waals surface area contributed by atoms with Gasteiger partial charge in [-0.25, -0.2) is 4.98 Å². The van der Waals surface area contributed by atoms with E-state index in [1.165, 1.54) is 0 Å². The summed E-state index contributed by atoms with van der Waals surface area (Å²) in [6.07, 6.45) is 2.86. The van der Waals surface area contributed by atoms with Crippen LogP contribution >= 0.6 is 0 Å². The fourth-order valence-corrected chi connectivity index (χ4v) is 2.22. The molecule has 0 spiro atoms. The molecule has 2 N–H and O–H groups in total. The van der Waals surface area contributed by atoms with Gasteiger partial charge in [-0.1, -0.05) is 0 Å². The molecule has 0 saturated heterocycles. The van der Waals surface area contributed by atoms with Gasteiger partial charge in [0.2, 0.25) is 5.88 Å². The van der Waals surface area contributed by atoms with Crippen LogP contribution in [0.25, 0.3) is 0 Å². The molecule has 1 heterocycles. The van der Waals surface area contributed by atoms with E-state index in [4.69, 9.17) is 9.84 Å². The summed E-state index contributed by atoms with van der Waals surface area (Å²) in [7, 11) is 1.54. The molecule has 98 valence electrons. The van der Waals surface area contributed by atoms with Crippen molar-refractivity contribution < 1.29 is 14.6 Å². The Bertz CT molecular complexity index is 458. The number of carboxylic acids is 1. The first-order chi connectivity index (χ1) is 8.53. The van der Waals surface area contributed by atoms with Crippen LogP contribution in [0.1, 0.15) is 31.5 Å². The summed E-state index contributed by atoms with van der Waals surface area (Å²) < 4.78 is 5.08. The first-order valence-corrected chi connectivity index (χ1v) is 5.93. The molecule has 1 saturated carbocycles. The number of ether oxygens (including phenoxy) is 1. The summed E-state index contributed by atoms with van der Waals surface area (Å²) in [5.74, 6) is 0.914. The third kappa shape index (κ3) is 2.69. The minimum atomic E-state index is -0.792. The molecule has 18 heavy (non-hydrogen) atoms. The van der Waals surface area contributed by atoms with E-state index < -0.39 is 5.97 Å². The molecule has 1 aliphatic rings. The zero-order valence-electron chi connectivity index (χ0n) is 10.6. The molecule has 0 radical (unpaired) electrons. The van der Waals surface area contributed by atoms with Crippen molar-refractivity contribution in [3.05, 3.63) is 11.9 Å². The van der Waals surface area contributed by atoms with E-state index in [1.54, 1.807) is 20.1 Å². The van der Waals surface area contributed by atoms with E-state index in [0.29, 0.717) is 17.5 Å². The summed E-state index contributed by atoms with van der Waals surface area (Å²) in [6.45, 7) is 1.78. The number of carbonyl (C=O) groups is 1. The largest absolute Gasteiger partial charge is 0.481 e. The Hall–Kier alpha value is -1.85. The van der Waals surface area contributed by atoms with Gasteiger partial charge in [0.25, 0.3) is 0 Å². The average molecular weight is 251 g/mol. The van der Waals surface area contributed by atoms with Crippen LogP contribution in [0.3, 0.4) is 0 Å². The lowest BCUT2D eigenvalue weighted by Gasteiger charge is -2.41. The van der Waals surface area contributed by atoms with E-state index in [0.717, 1.165) is 19.3 Å². The number of nitrogens with one attached hydrogen (secondary N) is 1. The maximum Gasteiger partial charge on any atom is 0.305 e. The number of methoxy groups -OCH3 is 1. The average Bonchev–Trinajstić information content (AvgIpc) is 2.24. The number of hydrogen-bond acceptors (Lipinski definition) is 5. The predicted molar refractivity (Wildman–Crippen MR) is 65.8 cm³/mol. The SMILES string of the molecule is COc1cc(NC2(CC(=O)O)CCC2)nc(C)n1. The van der Waals surface area contributed by atoms with Crippen molar-refractivity contribution in [3.8, 4) is 5.88 Å². The summed E-state index contributed by atoms with van der Waals surface area (Å²) >= 11 is 0. The van der Waals surface area contributed by atoms with Gasteiger partial charge in [-0.3, -0.25) is 4.79 Å². The minimum Gasteiger partial charge on any atom is -0.481 e. The normalized spacial score (nSPS) is 16.8. The van der Waals surface area contributed by atoms with Crippen LogP contribution in [-0.4, -0.2) is 33.7 Å². The van der Waals surface area contributed by atoms with E-state index >= 15 is 0 Å². The van der Waals surface area contributed by atoms with Crippen LogP contribution in [0.4, 0.5) is 5.82 Å². The van der Waals surface area contributed by atoms with Gasteiger partial charge in [-0.15, -0.1) is 0 Å². The van der Waals surface area contributed by atoms with E-state index in [9.17, 15) is 4.79 Å². The van der Waals surface area contributed by atoms with Gasteiger partial charge >= 0.3 is 5.97 Å². The first-order valence-electron chi connectivity index (χ1n) is 5.93. The van der Waals surface area contributed by atoms with Crippen LogP contribution in [0, 0.1) is 6.92 Å².